The lowest BCUT2D eigenvalue weighted by Gasteiger charge is -2.25. The number of fused-ring (bicyclic) bond motifs is 1. The highest BCUT2D eigenvalue weighted by Gasteiger charge is 2.27. The summed E-state index contributed by atoms with van der Waals surface area (Å²) in [6, 6.07) is 9.72. The van der Waals surface area contributed by atoms with Crippen molar-refractivity contribution in [3.63, 3.8) is 0 Å². The van der Waals surface area contributed by atoms with E-state index in [-0.39, 0.29) is 11.8 Å². The maximum atomic E-state index is 12.4. The first-order valence-corrected chi connectivity index (χ1v) is 8.16. The van der Waals surface area contributed by atoms with Gasteiger partial charge in [0.05, 0.1) is 13.0 Å². The van der Waals surface area contributed by atoms with Crippen LogP contribution in [0.3, 0.4) is 0 Å². The van der Waals surface area contributed by atoms with Gasteiger partial charge in [0.1, 0.15) is 6.61 Å². The average molecular weight is 326 g/mol. The second-order valence-electron chi connectivity index (χ2n) is 5.97. The predicted molar refractivity (Wildman–Crippen MR) is 91.4 cm³/mol. The highest BCUT2D eigenvalue weighted by molar-refractivity contribution is 5.79. The van der Waals surface area contributed by atoms with Crippen molar-refractivity contribution in [2.45, 2.75) is 19.8 Å². The first kappa shape index (κ1) is 16.3. The van der Waals surface area contributed by atoms with E-state index < -0.39 is 0 Å². The number of methoxy groups -OCH3 is 1. The molecule has 1 atom stereocenters. The van der Waals surface area contributed by atoms with E-state index in [2.05, 4.69) is 10.3 Å². The molecule has 5 heteroatoms. The van der Waals surface area contributed by atoms with E-state index in [1.165, 1.54) is 0 Å². The normalized spacial score (nSPS) is 16.0. The molecule has 1 amide bonds. The minimum atomic E-state index is -0.172. The third kappa shape index (κ3) is 3.50. The predicted octanol–water partition coefficient (Wildman–Crippen LogP) is 2.31. The third-order valence-corrected chi connectivity index (χ3v) is 4.33. The molecule has 2 aromatic rings. The smallest absolute Gasteiger partial charge is 0.226 e. The zero-order valence-electron chi connectivity index (χ0n) is 14.0. The Morgan fingerprint density at radius 1 is 1.38 bits per heavy atom. The average Bonchev–Trinajstić information content (AvgIpc) is 2.62. The molecule has 1 unspecified atom stereocenters. The van der Waals surface area contributed by atoms with Crippen molar-refractivity contribution < 1.29 is 14.3 Å². The third-order valence-electron chi connectivity index (χ3n) is 4.33. The van der Waals surface area contributed by atoms with Gasteiger partial charge in [-0.05, 0) is 36.6 Å². The van der Waals surface area contributed by atoms with Crippen molar-refractivity contribution >= 4 is 5.91 Å². The number of carbonyl (C=O) groups excluding carboxylic acids is 1. The van der Waals surface area contributed by atoms with Crippen molar-refractivity contribution in [3.8, 4) is 11.5 Å². The minimum absolute atomic E-state index is 0.0251. The molecule has 0 radical (unpaired) electrons. The lowest BCUT2D eigenvalue weighted by atomic mass is 9.95. The van der Waals surface area contributed by atoms with Crippen molar-refractivity contribution in [2.75, 3.05) is 20.3 Å². The lowest BCUT2D eigenvalue weighted by Crippen LogP contribution is -2.38. The number of hydrogen-bond donors (Lipinski definition) is 1. The van der Waals surface area contributed by atoms with Gasteiger partial charge in [-0.1, -0.05) is 18.2 Å². The summed E-state index contributed by atoms with van der Waals surface area (Å²) in [7, 11) is 1.62. The molecule has 0 saturated carbocycles. The van der Waals surface area contributed by atoms with Crippen LogP contribution in [-0.4, -0.2) is 31.2 Å². The Morgan fingerprint density at radius 2 is 2.25 bits per heavy atom. The van der Waals surface area contributed by atoms with Gasteiger partial charge in [-0.3, -0.25) is 9.78 Å². The second kappa shape index (κ2) is 7.34. The Morgan fingerprint density at radius 3 is 3.04 bits per heavy atom. The molecule has 2 heterocycles. The van der Waals surface area contributed by atoms with Crippen LogP contribution in [-0.2, 0) is 17.6 Å². The Labute approximate surface area is 142 Å². The molecule has 1 aliphatic heterocycles. The molecular formula is C19H22N2O3. The van der Waals surface area contributed by atoms with Gasteiger partial charge in [0.25, 0.3) is 0 Å². The second-order valence-corrected chi connectivity index (χ2v) is 5.97. The van der Waals surface area contributed by atoms with Crippen molar-refractivity contribution in [3.05, 3.63) is 53.3 Å². The standard InChI is InChI=1S/C19H22N2O3/c1-13-5-4-9-20-16(13)8-10-21-19(22)15-11-14-6-3-7-17(23-2)18(14)24-12-15/h3-7,9,15H,8,10-12H2,1-2H3,(H,21,22). The SMILES string of the molecule is COc1cccc2c1OCC(C(=O)NCCc1ncccc1C)C2. The maximum Gasteiger partial charge on any atom is 0.226 e. The number of amides is 1. The van der Waals surface area contributed by atoms with E-state index in [0.29, 0.717) is 19.6 Å². The van der Waals surface area contributed by atoms with Gasteiger partial charge >= 0.3 is 0 Å². The summed E-state index contributed by atoms with van der Waals surface area (Å²) >= 11 is 0. The number of rotatable bonds is 5. The molecule has 1 aromatic heterocycles. The Hall–Kier alpha value is -2.56. The van der Waals surface area contributed by atoms with E-state index in [4.69, 9.17) is 9.47 Å². The highest BCUT2D eigenvalue weighted by Crippen LogP contribution is 2.35. The van der Waals surface area contributed by atoms with Gasteiger partial charge in [0, 0.05) is 24.9 Å². The largest absolute Gasteiger partial charge is 0.493 e. The molecule has 0 spiro atoms. The number of nitrogens with zero attached hydrogens (tertiary/aromatic N) is 1. The van der Waals surface area contributed by atoms with Gasteiger partial charge in [-0.2, -0.15) is 0 Å². The molecule has 1 aliphatic rings. The van der Waals surface area contributed by atoms with Crippen molar-refractivity contribution in [2.24, 2.45) is 5.92 Å². The Kier molecular flexibility index (Phi) is 4.99. The number of nitrogens with one attached hydrogen (secondary N) is 1. The number of pyridine rings is 1. The molecule has 126 valence electrons. The summed E-state index contributed by atoms with van der Waals surface area (Å²) in [5, 5.41) is 3.00. The minimum Gasteiger partial charge on any atom is -0.493 e. The number of carbonyl (C=O) groups is 1. The van der Waals surface area contributed by atoms with Crippen LogP contribution in [0.4, 0.5) is 0 Å². The quantitative estimate of drug-likeness (QED) is 0.916. The van der Waals surface area contributed by atoms with Crippen LogP contribution in [0.1, 0.15) is 16.8 Å². The summed E-state index contributed by atoms with van der Waals surface area (Å²) in [4.78, 5) is 16.7. The number of para-hydroxylation sites is 1. The molecule has 3 rings (SSSR count). The molecule has 0 saturated heterocycles. The monoisotopic (exact) mass is 326 g/mol. The van der Waals surface area contributed by atoms with Crippen LogP contribution >= 0.6 is 0 Å². The molecule has 1 aromatic carbocycles. The summed E-state index contributed by atoms with van der Waals surface area (Å²) in [6.45, 7) is 2.99. The maximum absolute atomic E-state index is 12.4. The van der Waals surface area contributed by atoms with E-state index in [1.54, 1.807) is 13.3 Å². The first-order valence-electron chi connectivity index (χ1n) is 8.16. The molecule has 0 fully saturated rings. The van der Waals surface area contributed by atoms with Gasteiger partial charge in [-0.15, -0.1) is 0 Å². The fourth-order valence-electron chi connectivity index (χ4n) is 2.95. The first-order chi connectivity index (χ1) is 11.7. The highest BCUT2D eigenvalue weighted by atomic mass is 16.5. The molecular weight excluding hydrogens is 304 g/mol. The van der Waals surface area contributed by atoms with E-state index >= 15 is 0 Å². The molecule has 24 heavy (non-hydrogen) atoms. The van der Waals surface area contributed by atoms with Crippen LogP contribution < -0.4 is 14.8 Å². The molecule has 1 N–H and O–H groups in total. The fourth-order valence-corrected chi connectivity index (χ4v) is 2.95. The number of aromatic nitrogens is 1. The zero-order chi connectivity index (χ0) is 16.9. The summed E-state index contributed by atoms with van der Waals surface area (Å²) in [5.41, 5.74) is 3.18. The fraction of sp³-hybridized carbons (Fsp3) is 0.368. The summed E-state index contributed by atoms with van der Waals surface area (Å²) in [6.07, 6.45) is 3.18. The molecule has 0 aliphatic carbocycles. The van der Waals surface area contributed by atoms with Gasteiger partial charge in [0.15, 0.2) is 11.5 Å². The van der Waals surface area contributed by atoms with E-state index in [0.717, 1.165) is 34.7 Å². The van der Waals surface area contributed by atoms with E-state index in [1.807, 2.05) is 37.3 Å². The van der Waals surface area contributed by atoms with Gasteiger partial charge in [0.2, 0.25) is 5.91 Å². The van der Waals surface area contributed by atoms with Crippen molar-refractivity contribution in [1.82, 2.24) is 10.3 Å². The van der Waals surface area contributed by atoms with Crippen LogP contribution in [0, 0.1) is 12.8 Å². The number of aryl methyl sites for hydroxylation is 1. The number of benzene rings is 1. The van der Waals surface area contributed by atoms with Crippen LogP contribution in [0.25, 0.3) is 0 Å². The van der Waals surface area contributed by atoms with E-state index in [9.17, 15) is 4.79 Å². The van der Waals surface area contributed by atoms with Crippen LogP contribution in [0.5, 0.6) is 11.5 Å². The Bertz CT molecular complexity index is 730. The van der Waals surface area contributed by atoms with Crippen LogP contribution in [0.2, 0.25) is 0 Å². The molecule has 5 nitrogen and oxygen atoms in total. The zero-order valence-corrected chi connectivity index (χ0v) is 14.0. The Balaban J connectivity index is 1.56. The van der Waals surface area contributed by atoms with Crippen LogP contribution in [0.15, 0.2) is 36.5 Å². The summed E-state index contributed by atoms with van der Waals surface area (Å²) in [5.74, 6) is 1.33. The number of ether oxygens (including phenoxy) is 2. The molecule has 0 bridgehead atoms. The summed E-state index contributed by atoms with van der Waals surface area (Å²) < 4.78 is 11.1. The topological polar surface area (TPSA) is 60.5 Å². The number of hydrogen-bond acceptors (Lipinski definition) is 4. The van der Waals surface area contributed by atoms with Gasteiger partial charge in [-0.25, -0.2) is 0 Å². The van der Waals surface area contributed by atoms with Crippen molar-refractivity contribution in [1.29, 1.82) is 0 Å². The lowest BCUT2D eigenvalue weighted by molar-refractivity contribution is -0.126. The van der Waals surface area contributed by atoms with Gasteiger partial charge < -0.3 is 14.8 Å².